The molecule has 0 unspecified atom stereocenters. The van der Waals surface area contributed by atoms with E-state index in [0.29, 0.717) is 41.9 Å². The van der Waals surface area contributed by atoms with Gasteiger partial charge in [0, 0.05) is 43.7 Å². The van der Waals surface area contributed by atoms with Crippen LogP contribution in [0.5, 0.6) is 11.5 Å². The van der Waals surface area contributed by atoms with E-state index in [0.717, 1.165) is 30.7 Å². The normalized spacial score (nSPS) is 16.1. The van der Waals surface area contributed by atoms with Crippen LogP contribution in [0.15, 0.2) is 12.1 Å². The third-order valence-electron chi connectivity index (χ3n) is 5.38. The molecule has 1 aromatic heterocycles. The Labute approximate surface area is 188 Å². The Morgan fingerprint density at radius 2 is 1.81 bits per heavy atom. The Hall–Kier alpha value is -1.88. The molecule has 0 amide bonds. The van der Waals surface area contributed by atoms with Gasteiger partial charge in [0.15, 0.2) is 17.3 Å². The minimum Gasteiger partial charge on any atom is -0.493 e. The summed E-state index contributed by atoms with van der Waals surface area (Å²) in [5.74, 6) is 2.79. The van der Waals surface area contributed by atoms with Crippen LogP contribution in [0.2, 0.25) is 5.02 Å². The number of nitrogens with one attached hydrogen (secondary N) is 1. The number of hydrogen-bond acceptors (Lipinski definition) is 7. The van der Waals surface area contributed by atoms with Gasteiger partial charge in [0.05, 0.1) is 26.5 Å². The zero-order valence-electron chi connectivity index (χ0n) is 18.6. The molecule has 31 heavy (non-hydrogen) atoms. The van der Waals surface area contributed by atoms with E-state index in [1.165, 1.54) is 0 Å². The van der Waals surface area contributed by atoms with Crippen LogP contribution in [-0.2, 0) is 29.5 Å². The van der Waals surface area contributed by atoms with Crippen molar-refractivity contribution in [2.45, 2.75) is 39.4 Å². The van der Waals surface area contributed by atoms with Crippen molar-refractivity contribution in [3.63, 3.8) is 0 Å². The molecule has 1 aliphatic heterocycles. The number of sulfonamides is 1. The van der Waals surface area contributed by atoms with Gasteiger partial charge >= 0.3 is 0 Å². The topological polar surface area (TPSA) is 98.6 Å². The van der Waals surface area contributed by atoms with E-state index >= 15 is 0 Å². The highest BCUT2D eigenvalue weighted by atomic mass is 35.5. The highest BCUT2D eigenvalue weighted by Crippen LogP contribution is 2.34. The van der Waals surface area contributed by atoms with E-state index in [1.54, 1.807) is 20.3 Å². The van der Waals surface area contributed by atoms with Crippen molar-refractivity contribution in [3.05, 3.63) is 34.4 Å². The summed E-state index contributed by atoms with van der Waals surface area (Å²) in [6, 6.07) is 3.25. The molecule has 0 saturated carbocycles. The van der Waals surface area contributed by atoms with E-state index in [2.05, 4.69) is 19.8 Å². The second-order valence-corrected chi connectivity index (χ2v) is 10.2. The molecular weight excluding hydrogens is 442 g/mol. The Morgan fingerprint density at radius 3 is 2.42 bits per heavy atom. The number of aromatic nitrogens is 3. The summed E-state index contributed by atoms with van der Waals surface area (Å²) in [7, 11) is -0.193. The smallest absolute Gasteiger partial charge is 0.209 e. The number of benzene rings is 1. The third kappa shape index (κ3) is 5.68. The van der Waals surface area contributed by atoms with E-state index in [1.807, 2.05) is 24.5 Å². The number of hydrogen-bond donors (Lipinski definition) is 1. The van der Waals surface area contributed by atoms with Gasteiger partial charge in [0.1, 0.15) is 5.82 Å². The summed E-state index contributed by atoms with van der Waals surface area (Å²) >= 11 is 6.47. The first-order valence-corrected chi connectivity index (χ1v) is 12.4. The number of nitrogens with zero attached hydrogens (tertiary/aromatic N) is 4. The number of fused-ring (bicyclic) bond motifs is 1. The first-order valence-electron chi connectivity index (χ1n) is 10.1. The van der Waals surface area contributed by atoms with Gasteiger partial charge in [-0.15, -0.1) is 10.2 Å². The fraction of sp³-hybridized carbons (Fsp3) is 0.600. The quantitative estimate of drug-likeness (QED) is 0.630. The zero-order chi connectivity index (χ0) is 22.8. The molecule has 2 heterocycles. The van der Waals surface area contributed by atoms with Crippen LogP contribution < -0.4 is 14.2 Å². The summed E-state index contributed by atoms with van der Waals surface area (Å²) in [6.07, 6.45) is 1.87. The average molecular weight is 472 g/mol. The van der Waals surface area contributed by atoms with E-state index in [9.17, 15) is 8.42 Å². The van der Waals surface area contributed by atoms with Crippen LogP contribution >= 0.6 is 11.6 Å². The summed E-state index contributed by atoms with van der Waals surface area (Å²) < 4.78 is 39.2. The third-order valence-corrected chi connectivity index (χ3v) is 6.41. The minimum absolute atomic E-state index is 0.0351. The second-order valence-electron chi connectivity index (χ2n) is 8.06. The lowest BCUT2D eigenvalue weighted by Gasteiger charge is -2.23. The van der Waals surface area contributed by atoms with Crippen molar-refractivity contribution in [1.82, 2.24) is 24.4 Å². The van der Waals surface area contributed by atoms with Gasteiger partial charge in [0.25, 0.3) is 0 Å². The van der Waals surface area contributed by atoms with Crippen molar-refractivity contribution >= 4 is 21.6 Å². The lowest BCUT2D eigenvalue weighted by atomic mass is 10.1. The molecule has 11 heteroatoms. The Balaban J connectivity index is 1.78. The van der Waals surface area contributed by atoms with Crippen molar-refractivity contribution in [3.8, 4) is 11.5 Å². The van der Waals surface area contributed by atoms with Crippen molar-refractivity contribution in [1.29, 1.82) is 0 Å². The van der Waals surface area contributed by atoms with Crippen LogP contribution in [0.3, 0.4) is 0 Å². The van der Waals surface area contributed by atoms with E-state index in [-0.39, 0.29) is 5.92 Å². The van der Waals surface area contributed by atoms with Gasteiger partial charge in [-0.2, -0.15) is 0 Å². The second kappa shape index (κ2) is 9.72. The van der Waals surface area contributed by atoms with Gasteiger partial charge in [-0.05, 0) is 17.5 Å². The summed E-state index contributed by atoms with van der Waals surface area (Å²) in [4.78, 5) is 2.29. The molecule has 1 N–H and O–H groups in total. The lowest BCUT2D eigenvalue weighted by molar-refractivity contribution is 0.268. The molecule has 1 aliphatic rings. The molecule has 1 aromatic carbocycles. The van der Waals surface area contributed by atoms with Gasteiger partial charge in [0.2, 0.25) is 10.0 Å². The largest absolute Gasteiger partial charge is 0.493 e. The lowest BCUT2D eigenvalue weighted by Crippen LogP contribution is -2.33. The maximum absolute atomic E-state index is 11.9. The standard InChI is InChI=1S/C20H30ClN5O4S/c1-13(2)19(24-31(5,27)28)20-23-22-18-6-7-25(8-9-26(18)20)12-14-10-16(29-3)17(30-4)11-15(14)21/h10-11,13,19,24H,6-9,12H2,1-5H3/t19-/m1/s1. The van der Waals surface area contributed by atoms with Crippen LogP contribution in [0.1, 0.15) is 37.1 Å². The molecule has 0 saturated heterocycles. The first-order chi connectivity index (χ1) is 14.6. The molecule has 2 aromatic rings. The van der Waals surface area contributed by atoms with Crippen LogP contribution in [0, 0.1) is 5.92 Å². The highest BCUT2D eigenvalue weighted by molar-refractivity contribution is 7.88. The zero-order valence-corrected chi connectivity index (χ0v) is 20.1. The molecule has 172 valence electrons. The number of rotatable bonds is 8. The Morgan fingerprint density at radius 1 is 1.13 bits per heavy atom. The predicted octanol–water partition coefficient (Wildman–Crippen LogP) is 2.25. The average Bonchev–Trinajstić information content (AvgIpc) is 3.00. The van der Waals surface area contributed by atoms with E-state index < -0.39 is 16.1 Å². The van der Waals surface area contributed by atoms with Gasteiger partial charge < -0.3 is 14.0 Å². The predicted molar refractivity (Wildman–Crippen MR) is 119 cm³/mol. The summed E-state index contributed by atoms with van der Waals surface area (Å²) in [6.45, 7) is 6.79. The SMILES string of the molecule is COc1cc(Cl)c(CN2CCc3nnc([C@H](NS(C)(=O)=O)C(C)C)n3CC2)cc1OC. The van der Waals surface area contributed by atoms with Crippen molar-refractivity contribution < 1.29 is 17.9 Å². The summed E-state index contributed by atoms with van der Waals surface area (Å²) in [5, 5.41) is 9.30. The number of halogens is 1. The molecule has 0 spiro atoms. The van der Waals surface area contributed by atoms with E-state index in [4.69, 9.17) is 21.1 Å². The Kier molecular flexibility index (Phi) is 7.46. The maximum Gasteiger partial charge on any atom is 0.209 e. The molecule has 0 bridgehead atoms. The van der Waals surface area contributed by atoms with Crippen LogP contribution in [0.25, 0.3) is 0 Å². The minimum atomic E-state index is -3.38. The molecule has 1 atom stereocenters. The van der Waals surface area contributed by atoms with Gasteiger partial charge in [-0.1, -0.05) is 25.4 Å². The molecule has 9 nitrogen and oxygen atoms in total. The molecular formula is C20H30ClN5O4S. The fourth-order valence-corrected chi connectivity index (χ4v) is 4.81. The highest BCUT2D eigenvalue weighted by Gasteiger charge is 2.28. The Bertz CT molecular complexity index is 1020. The van der Waals surface area contributed by atoms with Crippen molar-refractivity contribution in [2.24, 2.45) is 5.92 Å². The molecule has 0 aliphatic carbocycles. The number of methoxy groups -OCH3 is 2. The van der Waals surface area contributed by atoms with Crippen LogP contribution in [-0.4, -0.2) is 61.6 Å². The van der Waals surface area contributed by atoms with Gasteiger partial charge in [-0.3, -0.25) is 4.90 Å². The van der Waals surface area contributed by atoms with Gasteiger partial charge in [-0.25, -0.2) is 13.1 Å². The molecule has 0 fully saturated rings. The fourth-order valence-electron chi connectivity index (χ4n) is 3.75. The summed E-state index contributed by atoms with van der Waals surface area (Å²) in [5.41, 5.74) is 0.955. The van der Waals surface area contributed by atoms with Crippen molar-refractivity contribution in [2.75, 3.05) is 33.6 Å². The molecule has 0 radical (unpaired) electrons. The number of ether oxygens (including phenoxy) is 2. The first kappa shape index (κ1) is 23.8. The van der Waals surface area contributed by atoms with Crippen LogP contribution in [0.4, 0.5) is 0 Å². The monoisotopic (exact) mass is 471 g/mol. The maximum atomic E-state index is 11.9. The molecule has 3 rings (SSSR count).